The summed E-state index contributed by atoms with van der Waals surface area (Å²) in [6.45, 7) is 3.58. The molecule has 0 amide bonds. The molecule has 2 unspecified atom stereocenters. The number of aromatic hydroxyl groups is 1. The first kappa shape index (κ1) is 11.0. The topological polar surface area (TPSA) is 75.1 Å². The maximum Gasteiger partial charge on any atom is 0.331 e. The lowest BCUT2D eigenvalue weighted by atomic mass is 10.1. The molecule has 1 aliphatic carbocycles. The molecule has 0 spiro atoms. The Bertz CT molecular complexity index is 515. The van der Waals surface area contributed by atoms with Crippen LogP contribution >= 0.6 is 0 Å². The summed E-state index contributed by atoms with van der Waals surface area (Å²) in [5, 5.41) is 9.88. The van der Waals surface area contributed by atoms with E-state index in [1.54, 1.807) is 0 Å². The summed E-state index contributed by atoms with van der Waals surface area (Å²) in [5.41, 5.74) is -0.810. The highest BCUT2D eigenvalue weighted by molar-refractivity contribution is 5.21. The second-order valence-corrected chi connectivity index (χ2v) is 4.55. The monoisotopic (exact) mass is 224 g/mol. The molecule has 16 heavy (non-hydrogen) atoms. The van der Waals surface area contributed by atoms with Gasteiger partial charge < -0.3 is 5.11 Å². The minimum absolute atomic E-state index is 0.00282. The van der Waals surface area contributed by atoms with Crippen molar-refractivity contribution in [2.75, 3.05) is 0 Å². The van der Waals surface area contributed by atoms with Crippen LogP contribution in [0.5, 0.6) is 5.88 Å². The molecular weight excluding hydrogens is 208 g/mol. The van der Waals surface area contributed by atoms with Crippen molar-refractivity contribution in [1.29, 1.82) is 0 Å². The first-order chi connectivity index (χ1) is 7.52. The van der Waals surface area contributed by atoms with Gasteiger partial charge in [0.1, 0.15) is 0 Å². The number of H-pyrrole nitrogens is 1. The molecule has 1 saturated carbocycles. The van der Waals surface area contributed by atoms with E-state index in [4.69, 9.17) is 0 Å². The number of hydrogen-bond donors (Lipinski definition) is 2. The molecule has 2 N–H and O–H groups in total. The fourth-order valence-corrected chi connectivity index (χ4v) is 2.45. The second kappa shape index (κ2) is 3.81. The standard InChI is InChI=1S/C11H16N2O3/c1-6-4-3-5-8(6)13-10(15)7(2)9(14)12-11(13)16/h6,8,15H,3-5H2,1-2H3,(H,12,14,16). The van der Waals surface area contributed by atoms with Gasteiger partial charge in [0.15, 0.2) is 0 Å². The predicted molar refractivity (Wildman–Crippen MR) is 59.8 cm³/mol. The van der Waals surface area contributed by atoms with Crippen LogP contribution in [0.2, 0.25) is 0 Å². The lowest BCUT2D eigenvalue weighted by Crippen LogP contribution is -2.34. The molecular formula is C11H16N2O3. The number of nitrogens with one attached hydrogen (secondary N) is 1. The minimum atomic E-state index is -0.510. The predicted octanol–water partition coefficient (Wildman–Crippen LogP) is 0.912. The molecule has 0 saturated heterocycles. The van der Waals surface area contributed by atoms with Gasteiger partial charge in [-0.05, 0) is 25.7 Å². The van der Waals surface area contributed by atoms with Gasteiger partial charge in [-0.3, -0.25) is 14.3 Å². The zero-order valence-electron chi connectivity index (χ0n) is 9.49. The van der Waals surface area contributed by atoms with Crippen molar-refractivity contribution in [3.63, 3.8) is 0 Å². The van der Waals surface area contributed by atoms with Gasteiger partial charge in [0.05, 0.1) is 5.56 Å². The van der Waals surface area contributed by atoms with Crippen molar-refractivity contribution in [3.05, 3.63) is 26.4 Å². The lowest BCUT2D eigenvalue weighted by Gasteiger charge is -2.20. The molecule has 0 aromatic carbocycles. The van der Waals surface area contributed by atoms with E-state index in [1.807, 2.05) is 0 Å². The van der Waals surface area contributed by atoms with Crippen molar-refractivity contribution in [1.82, 2.24) is 9.55 Å². The Labute approximate surface area is 92.7 Å². The quantitative estimate of drug-likeness (QED) is 0.744. The average Bonchev–Trinajstić information content (AvgIpc) is 2.62. The third-order valence-corrected chi connectivity index (χ3v) is 3.49. The van der Waals surface area contributed by atoms with Crippen molar-refractivity contribution >= 4 is 0 Å². The van der Waals surface area contributed by atoms with Gasteiger partial charge >= 0.3 is 5.69 Å². The van der Waals surface area contributed by atoms with Gasteiger partial charge in [-0.25, -0.2) is 4.79 Å². The van der Waals surface area contributed by atoms with Gasteiger partial charge in [0.25, 0.3) is 5.56 Å². The van der Waals surface area contributed by atoms with E-state index in [9.17, 15) is 14.7 Å². The summed E-state index contributed by atoms with van der Waals surface area (Å²) >= 11 is 0. The number of aromatic amines is 1. The SMILES string of the molecule is Cc1c(O)n(C2CCCC2C)c(=O)[nH]c1=O. The maximum atomic E-state index is 11.7. The summed E-state index contributed by atoms with van der Waals surface area (Å²) in [6, 6.07) is 0.00282. The fraction of sp³-hybridized carbons (Fsp3) is 0.636. The van der Waals surface area contributed by atoms with Crippen LogP contribution in [0.3, 0.4) is 0 Å². The lowest BCUT2D eigenvalue weighted by molar-refractivity contribution is 0.321. The van der Waals surface area contributed by atoms with Crippen LogP contribution in [0.1, 0.15) is 37.8 Å². The van der Waals surface area contributed by atoms with Gasteiger partial charge in [0.2, 0.25) is 5.88 Å². The van der Waals surface area contributed by atoms with E-state index in [0.29, 0.717) is 5.92 Å². The Hall–Kier alpha value is -1.52. The summed E-state index contributed by atoms with van der Waals surface area (Å²) < 4.78 is 1.33. The Balaban J connectivity index is 2.61. The van der Waals surface area contributed by atoms with Crippen LogP contribution in [0.4, 0.5) is 0 Å². The molecule has 1 aromatic heterocycles. The minimum Gasteiger partial charge on any atom is -0.494 e. The first-order valence-corrected chi connectivity index (χ1v) is 5.56. The molecule has 1 heterocycles. The molecule has 0 radical (unpaired) electrons. The summed E-state index contributed by atoms with van der Waals surface area (Å²) in [4.78, 5) is 25.2. The van der Waals surface area contributed by atoms with Crippen LogP contribution in [0.25, 0.3) is 0 Å². The first-order valence-electron chi connectivity index (χ1n) is 5.56. The highest BCUT2D eigenvalue weighted by atomic mass is 16.3. The Kier molecular flexibility index (Phi) is 2.61. The largest absolute Gasteiger partial charge is 0.494 e. The fourth-order valence-electron chi connectivity index (χ4n) is 2.45. The number of aromatic nitrogens is 2. The molecule has 1 fully saturated rings. The van der Waals surface area contributed by atoms with E-state index >= 15 is 0 Å². The van der Waals surface area contributed by atoms with Crippen molar-refractivity contribution in [2.24, 2.45) is 5.92 Å². The molecule has 88 valence electrons. The Morgan fingerprint density at radius 3 is 2.62 bits per heavy atom. The molecule has 1 aliphatic rings. The summed E-state index contributed by atoms with van der Waals surface area (Å²) in [5.74, 6) is 0.168. The van der Waals surface area contributed by atoms with Crippen LogP contribution in [0, 0.1) is 12.8 Å². The number of hydrogen-bond acceptors (Lipinski definition) is 3. The summed E-state index contributed by atoms with van der Waals surface area (Å²) in [6.07, 6.45) is 2.98. The highest BCUT2D eigenvalue weighted by Gasteiger charge is 2.28. The van der Waals surface area contributed by atoms with E-state index in [-0.39, 0.29) is 17.5 Å². The van der Waals surface area contributed by atoms with Crippen LogP contribution in [-0.2, 0) is 0 Å². The molecule has 5 heteroatoms. The zero-order chi connectivity index (χ0) is 11.9. The third kappa shape index (κ3) is 1.56. The summed E-state index contributed by atoms with van der Waals surface area (Å²) in [7, 11) is 0. The van der Waals surface area contributed by atoms with Crippen molar-refractivity contribution in [3.8, 4) is 5.88 Å². The molecule has 2 rings (SSSR count). The van der Waals surface area contributed by atoms with Gasteiger partial charge in [-0.2, -0.15) is 0 Å². The van der Waals surface area contributed by atoms with Crippen molar-refractivity contribution in [2.45, 2.75) is 39.2 Å². The average molecular weight is 224 g/mol. The van der Waals surface area contributed by atoms with E-state index < -0.39 is 11.2 Å². The van der Waals surface area contributed by atoms with Crippen molar-refractivity contribution < 1.29 is 5.11 Å². The van der Waals surface area contributed by atoms with E-state index in [1.165, 1.54) is 11.5 Å². The second-order valence-electron chi connectivity index (χ2n) is 4.55. The molecule has 2 atom stereocenters. The van der Waals surface area contributed by atoms with Gasteiger partial charge in [0, 0.05) is 6.04 Å². The van der Waals surface area contributed by atoms with Crippen LogP contribution in [-0.4, -0.2) is 14.7 Å². The highest BCUT2D eigenvalue weighted by Crippen LogP contribution is 2.36. The van der Waals surface area contributed by atoms with E-state index in [2.05, 4.69) is 11.9 Å². The van der Waals surface area contributed by atoms with Gasteiger partial charge in [-0.15, -0.1) is 0 Å². The Morgan fingerprint density at radius 1 is 1.38 bits per heavy atom. The molecule has 5 nitrogen and oxygen atoms in total. The van der Waals surface area contributed by atoms with Crippen LogP contribution < -0.4 is 11.2 Å². The van der Waals surface area contributed by atoms with Crippen LogP contribution in [0.15, 0.2) is 9.59 Å². The number of rotatable bonds is 1. The normalized spacial score (nSPS) is 24.9. The molecule has 0 aliphatic heterocycles. The Morgan fingerprint density at radius 2 is 2.06 bits per heavy atom. The van der Waals surface area contributed by atoms with Gasteiger partial charge in [-0.1, -0.05) is 13.3 Å². The molecule has 1 aromatic rings. The molecule has 0 bridgehead atoms. The maximum absolute atomic E-state index is 11.7. The number of nitrogens with zero attached hydrogens (tertiary/aromatic N) is 1. The third-order valence-electron chi connectivity index (χ3n) is 3.49. The smallest absolute Gasteiger partial charge is 0.331 e. The van der Waals surface area contributed by atoms with E-state index in [0.717, 1.165) is 19.3 Å². The zero-order valence-corrected chi connectivity index (χ0v) is 9.49.